The van der Waals surface area contributed by atoms with Gasteiger partial charge in [-0.25, -0.2) is 15.0 Å². The molecule has 34 heavy (non-hydrogen) atoms. The first-order chi connectivity index (χ1) is 16.6. The van der Waals surface area contributed by atoms with Crippen LogP contribution in [0.3, 0.4) is 0 Å². The molecule has 0 bridgehead atoms. The monoisotopic (exact) mass is 459 g/mol. The van der Waals surface area contributed by atoms with Crippen LogP contribution in [-0.2, 0) is 0 Å². The Hall–Kier alpha value is -4.01. The summed E-state index contributed by atoms with van der Waals surface area (Å²) < 4.78 is 11.9. The number of benzene rings is 1. The number of ether oxygens (including phenoxy) is 2. The summed E-state index contributed by atoms with van der Waals surface area (Å²) in [6, 6.07) is 10.5. The molecule has 9 nitrogen and oxygen atoms in total. The number of aromatic nitrogens is 3. The number of fused-ring (bicyclic) bond motifs is 2. The van der Waals surface area contributed by atoms with Gasteiger partial charge in [0.15, 0.2) is 11.5 Å². The van der Waals surface area contributed by atoms with Gasteiger partial charge in [0.05, 0.1) is 12.1 Å². The van der Waals surface area contributed by atoms with Crippen LogP contribution >= 0.6 is 0 Å². The van der Waals surface area contributed by atoms with Crippen molar-refractivity contribution < 1.29 is 19.1 Å². The molecule has 1 fully saturated rings. The summed E-state index contributed by atoms with van der Waals surface area (Å²) in [5.74, 6) is 1.92. The Morgan fingerprint density at radius 3 is 2.50 bits per heavy atom. The van der Waals surface area contributed by atoms with E-state index in [4.69, 9.17) is 9.47 Å². The Bertz CT molecular complexity index is 1200. The molecule has 0 saturated heterocycles. The van der Waals surface area contributed by atoms with Crippen molar-refractivity contribution in [3.63, 3.8) is 0 Å². The fraction of sp³-hybridized carbons (Fsp3) is 0.320. The standard InChI is InChI=1S/C25H25N5O4/c1-29-11-12-30(24(31)18-15-27-22(28-16-18)17-8-9-17)13-14-33-20-6-2-3-7-21(20)34-23-19(25(29)32)5-4-10-26-23/h2-7,10,15-17H,8-9,11-14H2,1H3. The van der Waals surface area contributed by atoms with E-state index in [-0.39, 0.29) is 24.3 Å². The van der Waals surface area contributed by atoms with E-state index >= 15 is 0 Å². The van der Waals surface area contributed by atoms with Crippen LogP contribution in [0.1, 0.15) is 45.3 Å². The Labute approximate surface area is 197 Å². The predicted molar refractivity (Wildman–Crippen MR) is 123 cm³/mol. The molecule has 174 valence electrons. The van der Waals surface area contributed by atoms with Gasteiger partial charge in [-0.3, -0.25) is 9.59 Å². The maximum absolute atomic E-state index is 13.3. The number of carbonyl (C=O) groups is 2. The largest absolute Gasteiger partial charge is 0.488 e. The second kappa shape index (κ2) is 9.46. The van der Waals surface area contributed by atoms with Crippen molar-refractivity contribution in [2.24, 2.45) is 0 Å². The molecule has 1 aromatic carbocycles. The second-order valence-corrected chi connectivity index (χ2v) is 8.38. The smallest absolute Gasteiger partial charge is 0.259 e. The molecule has 2 aliphatic rings. The maximum Gasteiger partial charge on any atom is 0.259 e. The van der Waals surface area contributed by atoms with Crippen LogP contribution in [0.25, 0.3) is 0 Å². The summed E-state index contributed by atoms with van der Waals surface area (Å²) in [4.78, 5) is 42.6. The van der Waals surface area contributed by atoms with E-state index in [2.05, 4.69) is 15.0 Å². The summed E-state index contributed by atoms with van der Waals surface area (Å²) >= 11 is 0. The highest BCUT2D eigenvalue weighted by atomic mass is 16.5. The lowest BCUT2D eigenvalue weighted by molar-refractivity contribution is 0.0668. The van der Waals surface area contributed by atoms with E-state index in [9.17, 15) is 9.59 Å². The Balaban J connectivity index is 1.42. The fourth-order valence-electron chi connectivity index (χ4n) is 3.73. The van der Waals surface area contributed by atoms with E-state index in [1.54, 1.807) is 59.7 Å². The van der Waals surface area contributed by atoms with Crippen molar-refractivity contribution in [1.82, 2.24) is 24.8 Å². The van der Waals surface area contributed by atoms with Crippen LogP contribution in [0.5, 0.6) is 17.4 Å². The van der Waals surface area contributed by atoms with Crippen molar-refractivity contribution >= 4 is 11.8 Å². The van der Waals surface area contributed by atoms with Gasteiger partial charge in [-0.2, -0.15) is 0 Å². The SMILES string of the molecule is CN1CCN(C(=O)c2cnc(C3CC3)nc2)CCOc2ccccc2Oc2ncccc2C1=O. The van der Waals surface area contributed by atoms with Gasteiger partial charge in [-0.1, -0.05) is 12.1 Å². The molecule has 1 aliphatic heterocycles. The summed E-state index contributed by atoms with van der Waals surface area (Å²) in [5.41, 5.74) is 0.752. The minimum atomic E-state index is -0.245. The lowest BCUT2D eigenvalue weighted by Crippen LogP contribution is -2.41. The van der Waals surface area contributed by atoms with Crippen molar-refractivity contribution in [2.75, 3.05) is 33.3 Å². The Kier molecular flexibility index (Phi) is 6.07. The number of hydrogen-bond donors (Lipinski definition) is 0. The van der Waals surface area contributed by atoms with E-state index in [0.29, 0.717) is 48.2 Å². The van der Waals surface area contributed by atoms with Crippen molar-refractivity contribution in [3.8, 4) is 17.4 Å². The molecule has 0 atom stereocenters. The van der Waals surface area contributed by atoms with Gasteiger partial charge in [0, 0.05) is 44.6 Å². The molecule has 0 N–H and O–H groups in total. The fourth-order valence-corrected chi connectivity index (χ4v) is 3.73. The van der Waals surface area contributed by atoms with Crippen LogP contribution in [0.15, 0.2) is 55.0 Å². The molecule has 2 amide bonds. The molecule has 0 unspecified atom stereocenters. The van der Waals surface area contributed by atoms with Crippen LogP contribution in [0, 0.1) is 0 Å². The maximum atomic E-state index is 13.3. The van der Waals surface area contributed by atoms with Crippen LogP contribution < -0.4 is 9.47 Å². The topological polar surface area (TPSA) is 97.8 Å². The minimum Gasteiger partial charge on any atom is -0.488 e. The molecule has 2 aromatic heterocycles. The minimum absolute atomic E-state index is 0.201. The van der Waals surface area contributed by atoms with Gasteiger partial charge in [0.2, 0.25) is 5.88 Å². The molecular formula is C25H25N5O4. The summed E-state index contributed by atoms with van der Waals surface area (Å²) in [6.45, 7) is 1.23. The zero-order chi connectivity index (χ0) is 23.5. The van der Waals surface area contributed by atoms with E-state index in [0.717, 1.165) is 18.7 Å². The average Bonchev–Trinajstić information content (AvgIpc) is 3.71. The van der Waals surface area contributed by atoms with Gasteiger partial charge in [0.25, 0.3) is 11.8 Å². The third kappa shape index (κ3) is 4.68. The quantitative estimate of drug-likeness (QED) is 0.581. The van der Waals surface area contributed by atoms with Crippen molar-refractivity contribution in [1.29, 1.82) is 0 Å². The number of pyridine rings is 1. The van der Waals surface area contributed by atoms with Crippen LogP contribution in [0.4, 0.5) is 0 Å². The number of para-hydroxylation sites is 2. The van der Waals surface area contributed by atoms with Gasteiger partial charge in [-0.15, -0.1) is 0 Å². The molecule has 0 radical (unpaired) electrons. The number of nitrogens with zero attached hydrogens (tertiary/aromatic N) is 5. The van der Waals surface area contributed by atoms with E-state index in [1.807, 2.05) is 12.1 Å². The Morgan fingerprint density at radius 2 is 1.74 bits per heavy atom. The molecular weight excluding hydrogens is 434 g/mol. The van der Waals surface area contributed by atoms with Gasteiger partial charge < -0.3 is 19.3 Å². The number of amides is 2. The van der Waals surface area contributed by atoms with Crippen LogP contribution in [-0.4, -0.2) is 69.9 Å². The molecule has 9 heteroatoms. The van der Waals surface area contributed by atoms with Crippen molar-refractivity contribution in [2.45, 2.75) is 18.8 Å². The molecule has 1 aliphatic carbocycles. The zero-order valence-electron chi connectivity index (χ0n) is 18.9. The zero-order valence-corrected chi connectivity index (χ0v) is 18.9. The first kappa shape index (κ1) is 21.8. The first-order valence-corrected chi connectivity index (χ1v) is 11.3. The summed E-state index contributed by atoms with van der Waals surface area (Å²) in [6.07, 6.45) is 6.95. The van der Waals surface area contributed by atoms with Crippen LogP contribution in [0.2, 0.25) is 0 Å². The normalized spacial score (nSPS) is 16.7. The van der Waals surface area contributed by atoms with Gasteiger partial charge in [0.1, 0.15) is 18.0 Å². The molecule has 3 aromatic rings. The third-order valence-corrected chi connectivity index (χ3v) is 5.88. The van der Waals surface area contributed by atoms with Gasteiger partial charge in [-0.05, 0) is 37.1 Å². The van der Waals surface area contributed by atoms with Crippen molar-refractivity contribution in [3.05, 3.63) is 71.9 Å². The molecule has 1 saturated carbocycles. The molecule has 5 rings (SSSR count). The number of rotatable bonds is 2. The lowest BCUT2D eigenvalue weighted by atomic mass is 10.2. The third-order valence-electron chi connectivity index (χ3n) is 5.88. The Morgan fingerprint density at radius 1 is 0.971 bits per heavy atom. The van der Waals surface area contributed by atoms with E-state index < -0.39 is 0 Å². The molecule has 0 spiro atoms. The summed E-state index contributed by atoms with van der Waals surface area (Å²) in [5, 5.41) is 0. The highest BCUT2D eigenvalue weighted by Gasteiger charge is 2.27. The number of likely N-dealkylation sites (N-methyl/N-ethyl adjacent to an activating group) is 1. The number of hydrogen-bond acceptors (Lipinski definition) is 7. The first-order valence-electron chi connectivity index (χ1n) is 11.3. The van der Waals surface area contributed by atoms with Gasteiger partial charge >= 0.3 is 0 Å². The van der Waals surface area contributed by atoms with E-state index in [1.165, 1.54) is 0 Å². The highest BCUT2D eigenvalue weighted by molar-refractivity contribution is 5.96. The lowest BCUT2D eigenvalue weighted by Gasteiger charge is -2.25. The second-order valence-electron chi connectivity index (χ2n) is 8.38. The highest BCUT2D eigenvalue weighted by Crippen LogP contribution is 2.37. The molecule has 3 heterocycles. The average molecular weight is 460 g/mol. The summed E-state index contributed by atoms with van der Waals surface area (Å²) in [7, 11) is 1.69. The number of carbonyl (C=O) groups excluding carboxylic acids is 2. The predicted octanol–water partition coefficient (Wildman–Crippen LogP) is 3.15.